The Kier molecular flexibility index (Phi) is 5.90. The highest BCUT2D eigenvalue weighted by molar-refractivity contribution is 5.81. The van der Waals surface area contributed by atoms with Gasteiger partial charge in [0.2, 0.25) is 0 Å². The van der Waals surface area contributed by atoms with Crippen LogP contribution in [0.25, 0.3) is 0 Å². The number of rotatable bonds is 6. The Morgan fingerprint density at radius 3 is 2.87 bits per heavy atom. The van der Waals surface area contributed by atoms with Crippen LogP contribution in [0.3, 0.4) is 0 Å². The standard InChI is InChI=1S/C12H21NO2/c1-15-12(14)8-10-13-9-4-7-11-5-2-3-6-11/h8,10-11,13H,2-7,9H2,1H3/b10-8+. The van der Waals surface area contributed by atoms with E-state index in [0.29, 0.717) is 0 Å². The Hall–Kier alpha value is -0.990. The van der Waals surface area contributed by atoms with Crippen molar-refractivity contribution in [2.75, 3.05) is 13.7 Å². The van der Waals surface area contributed by atoms with Crippen LogP contribution in [0, 0.1) is 5.92 Å². The molecule has 1 saturated carbocycles. The van der Waals surface area contributed by atoms with E-state index >= 15 is 0 Å². The first-order chi connectivity index (χ1) is 7.33. The molecule has 0 aromatic rings. The molecule has 1 rings (SSSR count). The van der Waals surface area contributed by atoms with E-state index in [-0.39, 0.29) is 5.97 Å². The Morgan fingerprint density at radius 1 is 1.47 bits per heavy atom. The average molecular weight is 211 g/mol. The first kappa shape index (κ1) is 12.1. The summed E-state index contributed by atoms with van der Waals surface area (Å²) in [6.45, 7) is 0.948. The first-order valence-corrected chi connectivity index (χ1v) is 5.81. The van der Waals surface area contributed by atoms with Crippen molar-refractivity contribution < 1.29 is 9.53 Å². The van der Waals surface area contributed by atoms with Crippen LogP contribution in [0.4, 0.5) is 0 Å². The van der Waals surface area contributed by atoms with Gasteiger partial charge in [-0.3, -0.25) is 0 Å². The molecule has 0 amide bonds. The number of hydrogen-bond donors (Lipinski definition) is 1. The predicted molar refractivity (Wildman–Crippen MR) is 60.4 cm³/mol. The summed E-state index contributed by atoms with van der Waals surface area (Å²) in [5, 5.41) is 3.09. The highest BCUT2D eigenvalue weighted by Crippen LogP contribution is 2.28. The minimum atomic E-state index is -0.307. The minimum absolute atomic E-state index is 0.307. The number of carbonyl (C=O) groups excluding carboxylic acids is 1. The molecule has 0 aromatic carbocycles. The van der Waals surface area contributed by atoms with Gasteiger partial charge in [0, 0.05) is 18.8 Å². The zero-order valence-corrected chi connectivity index (χ0v) is 9.50. The fourth-order valence-electron chi connectivity index (χ4n) is 2.07. The van der Waals surface area contributed by atoms with Crippen molar-refractivity contribution in [1.82, 2.24) is 5.32 Å². The molecular formula is C12H21NO2. The van der Waals surface area contributed by atoms with Crippen LogP contribution >= 0.6 is 0 Å². The summed E-state index contributed by atoms with van der Waals surface area (Å²) in [4.78, 5) is 10.7. The second kappa shape index (κ2) is 7.32. The molecular weight excluding hydrogens is 190 g/mol. The number of carbonyl (C=O) groups is 1. The van der Waals surface area contributed by atoms with Crippen molar-refractivity contribution in [1.29, 1.82) is 0 Å². The van der Waals surface area contributed by atoms with E-state index in [2.05, 4.69) is 10.1 Å². The van der Waals surface area contributed by atoms with E-state index in [1.54, 1.807) is 6.20 Å². The molecule has 1 aliphatic carbocycles. The van der Waals surface area contributed by atoms with Gasteiger partial charge in [-0.15, -0.1) is 0 Å². The van der Waals surface area contributed by atoms with Crippen LogP contribution < -0.4 is 5.32 Å². The van der Waals surface area contributed by atoms with Gasteiger partial charge in [0.05, 0.1) is 7.11 Å². The van der Waals surface area contributed by atoms with Gasteiger partial charge in [-0.05, 0) is 18.8 Å². The van der Waals surface area contributed by atoms with Gasteiger partial charge in [0.25, 0.3) is 0 Å². The smallest absolute Gasteiger partial charge is 0.331 e. The van der Waals surface area contributed by atoms with Crippen molar-refractivity contribution in [2.24, 2.45) is 5.92 Å². The van der Waals surface area contributed by atoms with E-state index in [1.807, 2.05) is 0 Å². The lowest BCUT2D eigenvalue weighted by Crippen LogP contribution is -2.09. The summed E-state index contributed by atoms with van der Waals surface area (Å²) >= 11 is 0. The molecule has 1 fully saturated rings. The summed E-state index contributed by atoms with van der Waals surface area (Å²) in [6, 6.07) is 0. The van der Waals surface area contributed by atoms with Gasteiger partial charge in [-0.25, -0.2) is 4.79 Å². The maximum atomic E-state index is 10.7. The van der Waals surface area contributed by atoms with E-state index in [0.717, 1.165) is 12.5 Å². The van der Waals surface area contributed by atoms with Crippen LogP contribution in [-0.2, 0) is 9.53 Å². The van der Waals surface area contributed by atoms with Crippen LogP contribution in [0.5, 0.6) is 0 Å². The Bertz CT molecular complexity index is 208. The lowest BCUT2D eigenvalue weighted by Gasteiger charge is -2.07. The molecule has 0 aliphatic heterocycles. The summed E-state index contributed by atoms with van der Waals surface area (Å²) in [5.41, 5.74) is 0. The van der Waals surface area contributed by atoms with Gasteiger partial charge >= 0.3 is 5.97 Å². The SMILES string of the molecule is COC(=O)/C=C/NCCCC1CCCC1. The van der Waals surface area contributed by atoms with Gasteiger partial charge in [-0.1, -0.05) is 25.7 Å². The number of esters is 1. The van der Waals surface area contributed by atoms with Crippen LogP contribution in [0.15, 0.2) is 12.3 Å². The van der Waals surface area contributed by atoms with Crippen molar-refractivity contribution in [2.45, 2.75) is 38.5 Å². The molecule has 0 spiro atoms. The molecule has 86 valence electrons. The normalized spacial score (nSPS) is 17.1. The minimum Gasteiger partial charge on any atom is -0.466 e. The maximum Gasteiger partial charge on any atom is 0.331 e. The highest BCUT2D eigenvalue weighted by Gasteiger charge is 2.13. The summed E-state index contributed by atoms with van der Waals surface area (Å²) in [7, 11) is 1.38. The second-order valence-corrected chi connectivity index (χ2v) is 4.10. The molecule has 3 heteroatoms. The van der Waals surface area contributed by atoms with Crippen molar-refractivity contribution in [3.05, 3.63) is 12.3 Å². The number of nitrogens with one attached hydrogen (secondary N) is 1. The Labute approximate surface area is 91.9 Å². The van der Waals surface area contributed by atoms with Gasteiger partial charge in [-0.2, -0.15) is 0 Å². The molecule has 0 radical (unpaired) electrons. The van der Waals surface area contributed by atoms with Crippen molar-refractivity contribution in [3.8, 4) is 0 Å². The Morgan fingerprint density at radius 2 is 2.20 bits per heavy atom. The monoisotopic (exact) mass is 211 g/mol. The summed E-state index contributed by atoms with van der Waals surface area (Å²) in [6.07, 6.45) is 11.3. The summed E-state index contributed by atoms with van der Waals surface area (Å²) < 4.78 is 4.47. The van der Waals surface area contributed by atoms with Gasteiger partial charge < -0.3 is 10.1 Å². The van der Waals surface area contributed by atoms with E-state index < -0.39 is 0 Å². The molecule has 0 atom stereocenters. The van der Waals surface area contributed by atoms with E-state index in [4.69, 9.17) is 0 Å². The average Bonchev–Trinajstić information content (AvgIpc) is 2.75. The third-order valence-electron chi connectivity index (χ3n) is 2.95. The fourth-order valence-corrected chi connectivity index (χ4v) is 2.07. The lowest BCUT2D eigenvalue weighted by molar-refractivity contribution is -0.134. The second-order valence-electron chi connectivity index (χ2n) is 4.10. The zero-order valence-electron chi connectivity index (χ0n) is 9.50. The molecule has 0 heterocycles. The molecule has 1 N–H and O–H groups in total. The van der Waals surface area contributed by atoms with Gasteiger partial charge in [0.1, 0.15) is 0 Å². The molecule has 15 heavy (non-hydrogen) atoms. The van der Waals surface area contributed by atoms with Crippen LogP contribution in [0.2, 0.25) is 0 Å². The van der Waals surface area contributed by atoms with Gasteiger partial charge in [0.15, 0.2) is 0 Å². The number of hydrogen-bond acceptors (Lipinski definition) is 3. The van der Waals surface area contributed by atoms with E-state index in [1.165, 1.54) is 51.7 Å². The first-order valence-electron chi connectivity index (χ1n) is 5.81. The maximum absolute atomic E-state index is 10.7. The molecule has 0 saturated heterocycles. The Balaban J connectivity index is 1.92. The lowest BCUT2D eigenvalue weighted by atomic mass is 10.0. The molecule has 0 bridgehead atoms. The molecule has 0 unspecified atom stereocenters. The predicted octanol–water partition coefficient (Wildman–Crippen LogP) is 2.23. The van der Waals surface area contributed by atoms with Crippen molar-refractivity contribution in [3.63, 3.8) is 0 Å². The highest BCUT2D eigenvalue weighted by atomic mass is 16.5. The molecule has 3 nitrogen and oxygen atoms in total. The summed E-state index contributed by atoms with van der Waals surface area (Å²) in [5.74, 6) is 0.648. The largest absolute Gasteiger partial charge is 0.466 e. The zero-order chi connectivity index (χ0) is 10.9. The topological polar surface area (TPSA) is 38.3 Å². The third kappa shape index (κ3) is 5.45. The third-order valence-corrected chi connectivity index (χ3v) is 2.95. The molecule has 0 aromatic heterocycles. The fraction of sp³-hybridized carbons (Fsp3) is 0.750. The molecule has 1 aliphatic rings. The van der Waals surface area contributed by atoms with Crippen molar-refractivity contribution >= 4 is 5.97 Å². The van der Waals surface area contributed by atoms with Crippen LogP contribution in [0.1, 0.15) is 38.5 Å². The number of methoxy groups -OCH3 is 1. The number of ether oxygens (including phenoxy) is 1. The van der Waals surface area contributed by atoms with Crippen LogP contribution in [-0.4, -0.2) is 19.6 Å². The quantitative estimate of drug-likeness (QED) is 0.416. The van der Waals surface area contributed by atoms with E-state index in [9.17, 15) is 4.79 Å².